The van der Waals surface area contributed by atoms with Gasteiger partial charge in [-0.15, -0.1) is 0 Å². The molecule has 0 saturated carbocycles. The van der Waals surface area contributed by atoms with E-state index in [2.05, 4.69) is 10.6 Å². The highest BCUT2D eigenvalue weighted by Gasteiger charge is 2.28. The number of hydrogen-bond acceptors (Lipinski definition) is 5. The highest BCUT2D eigenvalue weighted by Crippen LogP contribution is 2.10. The second-order valence-electron chi connectivity index (χ2n) is 4.73. The number of rotatable bonds is 5. The van der Waals surface area contributed by atoms with Crippen LogP contribution in [0.1, 0.15) is 5.56 Å². The molecule has 1 saturated heterocycles. The van der Waals surface area contributed by atoms with Gasteiger partial charge in [-0.3, -0.25) is 4.79 Å². The number of hydrogen-bond donors (Lipinski definition) is 2. The molecule has 1 aliphatic rings. The summed E-state index contributed by atoms with van der Waals surface area (Å²) < 4.78 is 27.4. The first-order chi connectivity index (χ1) is 9.86. The summed E-state index contributed by atoms with van der Waals surface area (Å²) in [6.45, 7) is 0.554. The molecule has 0 bridgehead atoms. The minimum absolute atomic E-state index is 0.174. The Morgan fingerprint density at radius 1 is 1.38 bits per heavy atom. The Bertz CT molecular complexity index is 639. The van der Waals surface area contributed by atoms with Crippen molar-refractivity contribution in [2.75, 3.05) is 19.3 Å². The van der Waals surface area contributed by atoms with Crippen LogP contribution < -0.4 is 10.6 Å². The zero-order chi connectivity index (χ0) is 15.5. The fourth-order valence-corrected chi connectivity index (χ4v) is 2.51. The van der Waals surface area contributed by atoms with Crippen LogP contribution in [0.2, 0.25) is 0 Å². The molecule has 114 valence electrons. The molecule has 1 aromatic rings. The van der Waals surface area contributed by atoms with Crippen LogP contribution >= 0.6 is 0 Å². The summed E-state index contributed by atoms with van der Waals surface area (Å²) in [6.07, 6.45) is 0.333. The van der Waals surface area contributed by atoms with E-state index < -0.39 is 22.0 Å². The highest BCUT2D eigenvalue weighted by atomic mass is 32.2. The number of carbonyl (C=O) groups is 2. The first-order valence-electron chi connectivity index (χ1n) is 6.37. The van der Waals surface area contributed by atoms with Crippen molar-refractivity contribution in [1.82, 2.24) is 10.6 Å². The van der Waals surface area contributed by atoms with Crippen molar-refractivity contribution < 1.29 is 22.7 Å². The molecular formula is C13H16N2O5S. The number of nitrogens with one attached hydrogen (secondary N) is 2. The molecule has 2 N–H and O–H groups in total. The number of amides is 2. The van der Waals surface area contributed by atoms with Gasteiger partial charge in [0.1, 0.15) is 0 Å². The summed E-state index contributed by atoms with van der Waals surface area (Å²) in [5, 5.41) is 5.06. The van der Waals surface area contributed by atoms with E-state index in [-0.39, 0.29) is 17.3 Å². The normalized spacial score (nSPS) is 18.0. The summed E-state index contributed by atoms with van der Waals surface area (Å²) in [5.74, 6) is -0.346. The molecule has 0 unspecified atom stereocenters. The van der Waals surface area contributed by atoms with Gasteiger partial charge in [-0.1, -0.05) is 12.1 Å². The van der Waals surface area contributed by atoms with Crippen molar-refractivity contribution in [3.63, 3.8) is 0 Å². The molecule has 1 aromatic carbocycles. The van der Waals surface area contributed by atoms with Crippen molar-refractivity contribution in [2.45, 2.75) is 17.4 Å². The van der Waals surface area contributed by atoms with Crippen molar-refractivity contribution in [3.05, 3.63) is 29.8 Å². The topological polar surface area (TPSA) is 102 Å². The Morgan fingerprint density at radius 3 is 2.57 bits per heavy atom. The molecule has 1 aliphatic heterocycles. The van der Waals surface area contributed by atoms with Crippen LogP contribution in [-0.2, 0) is 25.8 Å². The number of ether oxygens (including phenoxy) is 1. The van der Waals surface area contributed by atoms with E-state index in [1.54, 1.807) is 12.1 Å². The summed E-state index contributed by atoms with van der Waals surface area (Å²) in [7, 11) is -3.19. The fraction of sp³-hybridized carbons (Fsp3) is 0.385. The smallest absolute Gasteiger partial charge is 0.408 e. The Morgan fingerprint density at radius 2 is 2.05 bits per heavy atom. The van der Waals surface area contributed by atoms with E-state index in [1.807, 2.05) is 0 Å². The Labute approximate surface area is 122 Å². The number of alkyl carbamates (subject to hydrolysis) is 1. The molecule has 1 atom stereocenters. The largest absolute Gasteiger partial charge is 0.434 e. The highest BCUT2D eigenvalue weighted by molar-refractivity contribution is 7.90. The lowest BCUT2D eigenvalue weighted by atomic mass is 10.1. The van der Waals surface area contributed by atoms with Gasteiger partial charge >= 0.3 is 6.09 Å². The molecule has 0 aliphatic carbocycles. The van der Waals surface area contributed by atoms with Gasteiger partial charge in [0.2, 0.25) is 0 Å². The van der Waals surface area contributed by atoms with Crippen molar-refractivity contribution in [3.8, 4) is 0 Å². The Balaban J connectivity index is 1.81. The third-order valence-corrected chi connectivity index (χ3v) is 4.17. The number of sulfone groups is 1. The predicted molar refractivity (Wildman–Crippen MR) is 74.5 cm³/mol. The molecule has 1 heterocycles. The lowest BCUT2D eigenvalue weighted by Crippen LogP contribution is -2.37. The minimum atomic E-state index is -3.19. The monoisotopic (exact) mass is 312 g/mol. The third kappa shape index (κ3) is 4.19. The molecule has 2 amide bonds. The van der Waals surface area contributed by atoms with E-state index in [1.165, 1.54) is 12.1 Å². The van der Waals surface area contributed by atoms with Crippen LogP contribution in [0.4, 0.5) is 4.79 Å². The van der Waals surface area contributed by atoms with Gasteiger partial charge in [-0.25, -0.2) is 13.2 Å². The lowest BCUT2D eigenvalue weighted by molar-refractivity contribution is -0.127. The van der Waals surface area contributed by atoms with Gasteiger partial charge < -0.3 is 15.4 Å². The predicted octanol–water partition coefficient (Wildman–Crippen LogP) is -0.143. The zero-order valence-electron chi connectivity index (χ0n) is 11.5. The molecular weight excluding hydrogens is 296 g/mol. The van der Waals surface area contributed by atoms with Gasteiger partial charge in [-0.05, 0) is 24.1 Å². The van der Waals surface area contributed by atoms with Crippen LogP contribution in [0.3, 0.4) is 0 Å². The van der Waals surface area contributed by atoms with Crippen LogP contribution in [0.25, 0.3) is 0 Å². The number of cyclic esters (lactones) is 1. The molecule has 0 spiro atoms. The lowest BCUT2D eigenvalue weighted by Gasteiger charge is -2.09. The van der Waals surface area contributed by atoms with E-state index in [0.717, 1.165) is 11.8 Å². The molecule has 0 aromatic heterocycles. The quantitative estimate of drug-likeness (QED) is 0.788. The third-order valence-electron chi connectivity index (χ3n) is 3.04. The van der Waals surface area contributed by atoms with Gasteiger partial charge in [-0.2, -0.15) is 0 Å². The van der Waals surface area contributed by atoms with Gasteiger partial charge in [0.15, 0.2) is 15.9 Å². The van der Waals surface area contributed by atoms with Gasteiger partial charge in [0.25, 0.3) is 5.91 Å². The van der Waals surface area contributed by atoms with Crippen molar-refractivity contribution in [1.29, 1.82) is 0 Å². The standard InChI is InChI=1S/C13H16N2O5S/c1-21(18,19)10-4-2-9(3-5-10)6-7-14-12(16)11-8-15-13(17)20-11/h2-5,11H,6-8H2,1H3,(H,14,16)(H,15,17)/t11-/m0/s1. The second-order valence-corrected chi connectivity index (χ2v) is 6.75. The van der Waals surface area contributed by atoms with Gasteiger partial charge in [0, 0.05) is 12.8 Å². The van der Waals surface area contributed by atoms with Crippen molar-refractivity contribution in [2.24, 2.45) is 0 Å². The van der Waals surface area contributed by atoms with Crippen LogP contribution in [0.5, 0.6) is 0 Å². The summed E-state index contributed by atoms with van der Waals surface area (Å²) in [5.41, 5.74) is 0.907. The molecule has 2 rings (SSSR count). The first kappa shape index (κ1) is 15.3. The average molecular weight is 312 g/mol. The molecule has 1 fully saturated rings. The maximum absolute atomic E-state index is 11.7. The maximum atomic E-state index is 11.7. The van der Waals surface area contributed by atoms with Gasteiger partial charge in [0.05, 0.1) is 11.4 Å². The van der Waals surface area contributed by atoms with Crippen LogP contribution in [-0.4, -0.2) is 45.9 Å². The summed E-state index contributed by atoms with van der Waals surface area (Å²) in [6, 6.07) is 6.49. The summed E-state index contributed by atoms with van der Waals surface area (Å²) in [4.78, 5) is 22.7. The average Bonchev–Trinajstić information content (AvgIpc) is 2.85. The molecule has 21 heavy (non-hydrogen) atoms. The number of benzene rings is 1. The molecule has 0 radical (unpaired) electrons. The maximum Gasteiger partial charge on any atom is 0.408 e. The second kappa shape index (κ2) is 6.13. The first-order valence-corrected chi connectivity index (χ1v) is 8.26. The van der Waals surface area contributed by atoms with E-state index >= 15 is 0 Å². The van der Waals surface area contributed by atoms with Crippen molar-refractivity contribution >= 4 is 21.8 Å². The van der Waals surface area contributed by atoms with E-state index in [4.69, 9.17) is 4.74 Å². The van der Waals surface area contributed by atoms with Crippen LogP contribution in [0.15, 0.2) is 29.2 Å². The SMILES string of the molecule is CS(=O)(=O)c1ccc(CCNC(=O)[C@@H]2CNC(=O)O2)cc1. The Hall–Kier alpha value is -2.09. The zero-order valence-corrected chi connectivity index (χ0v) is 12.3. The van der Waals surface area contributed by atoms with Crippen LogP contribution in [0, 0.1) is 0 Å². The fourth-order valence-electron chi connectivity index (χ4n) is 1.88. The molecule has 7 nitrogen and oxygen atoms in total. The minimum Gasteiger partial charge on any atom is -0.434 e. The van der Waals surface area contributed by atoms with E-state index in [9.17, 15) is 18.0 Å². The Kier molecular flexibility index (Phi) is 4.46. The molecule has 8 heteroatoms. The van der Waals surface area contributed by atoms with E-state index in [0.29, 0.717) is 13.0 Å². The number of carbonyl (C=O) groups excluding carboxylic acids is 2. The summed E-state index contributed by atoms with van der Waals surface area (Å²) >= 11 is 0.